The number of hydrogen-bond donors (Lipinski definition) is 2. The summed E-state index contributed by atoms with van der Waals surface area (Å²) >= 11 is 0. The van der Waals surface area contributed by atoms with Crippen molar-refractivity contribution in [2.24, 2.45) is 23.7 Å². The highest BCUT2D eigenvalue weighted by Crippen LogP contribution is 2.65. The van der Waals surface area contributed by atoms with Gasteiger partial charge in [0.25, 0.3) is 11.8 Å². The number of rotatable bonds is 5. The summed E-state index contributed by atoms with van der Waals surface area (Å²) in [6, 6.07) is 26.4. The topological polar surface area (TPSA) is 107 Å². The number of carbonyl (C=O) groups excluding carboxylic acids is 4. The molecule has 0 radical (unpaired) electrons. The molecular formula is C45H33F6N3O5. The van der Waals surface area contributed by atoms with Gasteiger partial charge < -0.3 is 5.11 Å². The molecule has 2 aliphatic heterocycles. The molecule has 6 atom stereocenters. The second kappa shape index (κ2) is 13.3. The molecule has 0 spiro atoms. The molecule has 0 aromatic heterocycles. The highest BCUT2D eigenvalue weighted by atomic mass is 19.4. The number of nitrogens with zero attached hydrogens (tertiary/aromatic N) is 2. The van der Waals surface area contributed by atoms with E-state index in [-0.39, 0.29) is 24.7 Å². The van der Waals surface area contributed by atoms with Crippen LogP contribution in [0.3, 0.4) is 0 Å². The molecule has 9 rings (SSSR count). The Morgan fingerprint density at radius 2 is 1.34 bits per heavy atom. The van der Waals surface area contributed by atoms with E-state index in [1.165, 1.54) is 6.07 Å². The maximum atomic E-state index is 15.5. The number of halogens is 6. The molecule has 2 saturated heterocycles. The minimum atomic E-state index is -5.23. The van der Waals surface area contributed by atoms with E-state index in [1.54, 1.807) is 91.0 Å². The Morgan fingerprint density at radius 1 is 0.712 bits per heavy atom. The van der Waals surface area contributed by atoms with E-state index in [1.807, 2.05) is 6.92 Å². The van der Waals surface area contributed by atoms with Crippen molar-refractivity contribution in [1.82, 2.24) is 5.01 Å². The summed E-state index contributed by atoms with van der Waals surface area (Å²) in [5.41, 5.74) is 0.00505. The average Bonchev–Trinajstić information content (AvgIpc) is 3.59. The molecule has 2 heterocycles. The van der Waals surface area contributed by atoms with Gasteiger partial charge in [-0.1, -0.05) is 90.0 Å². The number of alkyl halides is 6. The molecule has 4 aliphatic rings. The lowest BCUT2D eigenvalue weighted by molar-refractivity contribution is -0.143. The Balaban J connectivity index is 1.25. The van der Waals surface area contributed by atoms with Crippen LogP contribution in [0.5, 0.6) is 5.75 Å². The fraction of sp³-hybridized carbons (Fsp3) is 0.244. The van der Waals surface area contributed by atoms with E-state index in [0.29, 0.717) is 50.2 Å². The number of phenols is 1. The summed E-state index contributed by atoms with van der Waals surface area (Å²) in [4.78, 5) is 59.7. The lowest BCUT2D eigenvalue weighted by Gasteiger charge is -2.51. The van der Waals surface area contributed by atoms with Crippen LogP contribution in [-0.2, 0) is 36.9 Å². The normalized spacial score (nSPS) is 25.5. The first-order valence-electron chi connectivity index (χ1n) is 18.9. The molecule has 0 bridgehead atoms. The zero-order valence-electron chi connectivity index (χ0n) is 31.0. The number of benzene rings is 5. The van der Waals surface area contributed by atoms with Gasteiger partial charge in [0, 0.05) is 11.3 Å². The van der Waals surface area contributed by atoms with Gasteiger partial charge >= 0.3 is 12.4 Å². The number of nitrogens with one attached hydrogen (secondary N) is 1. The van der Waals surface area contributed by atoms with Gasteiger partial charge in [0.15, 0.2) is 0 Å². The summed E-state index contributed by atoms with van der Waals surface area (Å²) in [6.45, 7) is 1.88. The number of hydrogen-bond acceptors (Lipinski definition) is 6. The summed E-state index contributed by atoms with van der Waals surface area (Å²) in [6.07, 6.45) is -9.02. The molecule has 3 fully saturated rings. The van der Waals surface area contributed by atoms with Crippen LogP contribution in [0.2, 0.25) is 0 Å². The van der Waals surface area contributed by atoms with E-state index in [4.69, 9.17) is 0 Å². The van der Waals surface area contributed by atoms with Crippen LogP contribution in [0.1, 0.15) is 46.6 Å². The molecule has 2 N–H and O–H groups in total. The minimum absolute atomic E-state index is 0.0530. The standard InChI is InChI=1S/C45H33F6N3O5/c1-23-11-13-27(14-12-23)52-54-40(57)35-22-34-32(15-16-33-37(34)41(58)53(39(33)56)28-20-25(44(46,47)48)19-26(21-28)45(49,50)51)38(43(35,42(54)59)24-7-3-2-4-8-24)31-17-18-36(55)30-10-6-5-9-29(30)31/h2-15,17-21,33-35,37-38,52,55H,16,22H2,1H3/t33-,34+,35-,37-,38-,43+/m0/s1. The third kappa shape index (κ3) is 5.74. The predicted molar refractivity (Wildman–Crippen MR) is 203 cm³/mol. The van der Waals surface area contributed by atoms with Crippen molar-refractivity contribution in [1.29, 1.82) is 0 Å². The second-order valence-corrected chi connectivity index (χ2v) is 15.6. The van der Waals surface area contributed by atoms with Crippen molar-refractivity contribution >= 4 is 45.8 Å². The summed E-state index contributed by atoms with van der Waals surface area (Å²) in [7, 11) is 0. The van der Waals surface area contributed by atoms with E-state index in [9.17, 15) is 45.8 Å². The fourth-order valence-corrected chi connectivity index (χ4v) is 9.97. The van der Waals surface area contributed by atoms with Crippen LogP contribution >= 0.6 is 0 Å². The number of aryl methyl sites for hydroxylation is 1. The van der Waals surface area contributed by atoms with E-state index in [2.05, 4.69) is 5.43 Å². The minimum Gasteiger partial charge on any atom is -0.507 e. The van der Waals surface area contributed by atoms with Crippen molar-refractivity contribution in [2.45, 2.75) is 43.5 Å². The van der Waals surface area contributed by atoms with Crippen LogP contribution in [0, 0.1) is 30.6 Å². The molecule has 4 amide bonds. The lowest BCUT2D eigenvalue weighted by atomic mass is 9.49. The third-order valence-corrected chi connectivity index (χ3v) is 12.5. The predicted octanol–water partition coefficient (Wildman–Crippen LogP) is 9.08. The quantitative estimate of drug-likeness (QED) is 0.104. The van der Waals surface area contributed by atoms with E-state index in [0.717, 1.165) is 10.6 Å². The number of imide groups is 2. The number of fused-ring (bicyclic) bond motifs is 5. The highest BCUT2D eigenvalue weighted by molar-refractivity contribution is 6.23. The van der Waals surface area contributed by atoms with Crippen molar-refractivity contribution < 1.29 is 50.6 Å². The maximum Gasteiger partial charge on any atom is 0.416 e. The van der Waals surface area contributed by atoms with Crippen LogP contribution in [0.25, 0.3) is 10.8 Å². The number of hydrazine groups is 1. The Morgan fingerprint density at radius 3 is 1.98 bits per heavy atom. The van der Waals surface area contributed by atoms with E-state index < -0.39 is 87.8 Å². The van der Waals surface area contributed by atoms with Gasteiger partial charge in [0.05, 0.1) is 45.7 Å². The Hall–Kier alpha value is -6.44. The number of allylic oxidation sites excluding steroid dienone is 2. The Bertz CT molecular complexity index is 2590. The zero-order valence-corrected chi connectivity index (χ0v) is 31.0. The van der Waals surface area contributed by atoms with Gasteiger partial charge in [0.1, 0.15) is 5.75 Å². The van der Waals surface area contributed by atoms with Gasteiger partial charge in [0.2, 0.25) is 11.8 Å². The van der Waals surface area contributed by atoms with E-state index >= 15 is 4.79 Å². The van der Waals surface area contributed by atoms with Crippen molar-refractivity contribution in [3.05, 3.63) is 149 Å². The fourth-order valence-electron chi connectivity index (χ4n) is 9.97. The lowest BCUT2D eigenvalue weighted by Crippen LogP contribution is -2.53. The average molecular weight is 810 g/mol. The number of anilines is 2. The molecule has 1 saturated carbocycles. The molecular weight excluding hydrogens is 776 g/mol. The Labute approximate surface area is 332 Å². The molecule has 8 nitrogen and oxygen atoms in total. The summed E-state index contributed by atoms with van der Waals surface area (Å²) in [5.74, 6) is -8.89. The molecule has 2 aliphatic carbocycles. The van der Waals surface area contributed by atoms with Gasteiger partial charge in [-0.25, -0.2) is 4.90 Å². The second-order valence-electron chi connectivity index (χ2n) is 15.6. The summed E-state index contributed by atoms with van der Waals surface area (Å²) in [5, 5.41) is 13.0. The monoisotopic (exact) mass is 809 g/mol. The van der Waals surface area contributed by atoms with Gasteiger partial charge in [-0.2, -0.15) is 31.4 Å². The number of carbonyl (C=O) groups is 4. The number of aromatic hydroxyl groups is 1. The third-order valence-electron chi connectivity index (χ3n) is 12.5. The highest BCUT2D eigenvalue weighted by Gasteiger charge is 2.70. The van der Waals surface area contributed by atoms with Gasteiger partial charge in [-0.3, -0.25) is 24.6 Å². The van der Waals surface area contributed by atoms with Crippen LogP contribution in [0.4, 0.5) is 37.7 Å². The molecule has 5 aromatic carbocycles. The van der Waals surface area contributed by atoms with Gasteiger partial charge in [-0.15, -0.1) is 0 Å². The largest absolute Gasteiger partial charge is 0.507 e. The summed E-state index contributed by atoms with van der Waals surface area (Å²) < 4.78 is 83.9. The van der Waals surface area contributed by atoms with Crippen LogP contribution in [-0.4, -0.2) is 33.7 Å². The molecule has 14 heteroatoms. The van der Waals surface area contributed by atoms with Crippen molar-refractivity contribution in [2.75, 3.05) is 10.3 Å². The van der Waals surface area contributed by atoms with Gasteiger partial charge in [-0.05, 0) is 78.6 Å². The van der Waals surface area contributed by atoms with Crippen molar-refractivity contribution in [3.8, 4) is 5.75 Å². The SMILES string of the molecule is Cc1ccc(NN2C(=O)[C@@H]3C[C@@H]4C(=CC[C@@H]5C(=O)N(c6cc(C(F)(F)F)cc(C(F)(F)F)c6)C(=O)[C@@H]54)[C@H](c4ccc(O)c5ccccc45)[C@]3(c3ccccc3)C2=O)cc1. The van der Waals surface area contributed by atoms with Crippen LogP contribution < -0.4 is 10.3 Å². The molecule has 5 aromatic rings. The number of amides is 4. The van der Waals surface area contributed by atoms with Crippen molar-refractivity contribution in [3.63, 3.8) is 0 Å². The molecule has 0 unspecified atom stereocenters. The first-order chi connectivity index (χ1) is 28.0. The first-order valence-corrected chi connectivity index (χ1v) is 18.9. The van der Waals surface area contributed by atoms with Crippen LogP contribution in [0.15, 0.2) is 121 Å². The maximum absolute atomic E-state index is 15.5. The smallest absolute Gasteiger partial charge is 0.416 e. The molecule has 59 heavy (non-hydrogen) atoms. The Kier molecular flexibility index (Phi) is 8.59. The zero-order chi connectivity index (χ0) is 41.8. The number of phenolic OH excluding ortho intramolecular Hbond substituents is 1. The first kappa shape index (κ1) is 38.1. The molecule has 300 valence electrons.